The first-order chi connectivity index (χ1) is 13.5. The van der Waals surface area contributed by atoms with E-state index >= 15 is 0 Å². The van der Waals surface area contributed by atoms with E-state index < -0.39 is 11.6 Å². The first-order valence-electron chi connectivity index (χ1n) is 8.94. The molecule has 0 amide bonds. The number of hydrogen-bond donors (Lipinski definition) is 0. The predicted octanol–water partition coefficient (Wildman–Crippen LogP) is 6.28. The summed E-state index contributed by atoms with van der Waals surface area (Å²) < 4.78 is 48.1. The highest BCUT2D eigenvalue weighted by Crippen LogP contribution is 2.28. The van der Waals surface area contributed by atoms with Crippen molar-refractivity contribution in [2.45, 2.75) is 26.9 Å². The molecule has 0 atom stereocenters. The van der Waals surface area contributed by atoms with Crippen LogP contribution in [0.3, 0.4) is 0 Å². The first-order valence-corrected chi connectivity index (χ1v) is 8.94. The van der Waals surface area contributed by atoms with Crippen LogP contribution in [0.1, 0.15) is 30.5 Å². The highest BCUT2D eigenvalue weighted by molar-refractivity contribution is 5.66. The van der Waals surface area contributed by atoms with Gasteiger partial charge in [-0.3, -0.25) is 0 Å². The monoisotopic (exact) mass is 380 g/mol. The van der Waals surface area contributed by atoms with Gasteiger partial charge in [-0.1, -0.05) is 37.1 Å². The van der Waals surface area contributed by atoms with E-state index in [0.717, 1.165) is 12.0 Å². The van der Waals surface area contributed by atoms with Gasteiger partial charge in [0.2, 0.25) is 0 Å². The number of ether oxygens (including phenoxy) is 1. The minimum Gasteiger partial charge on any atom is -0.489 e. The normalized spacial score (nSPS) is 10.3. The lowest BCUT2D eigenvalue weighted by Gasteiger charge is -2.10. The molecule has 142 valence electrons. The highest BCUT2D eigenvalue weighted by atomic mass is 19.2. The molecule has 4 heteroatoms. The largest absolute Gasteiger partial charge is 0.489 e. The van der Waals surface area contributed by atoms with Crippen molar-refractivity contribution in [1.29, 1.82) is 0 Å². The van der Waals surface area contributed by atoms with Crippen LogP contribution >= 0.6 is 0 Å². The molecule has 0 saturated carbocycles. The molecule has 28 heavy (non-hydrogen) atoms. The quantitative estimate of drug-likeness (QED) is 0.473. The number of aryl methyl sites for hydroxylation is 1. The van der Waals surface area contributed by atoms with Crippen LogP contribution in [0.15, 0.2) is 54.6 Å². The van der Waals surface area contributed by atoms with Gasteiger partial charge in [-0.2, -0.15) is 0 Å². The Morgan fingerprint density at radius 3 is 2.29 bits per heavy atom. The van der Waals surface area contributed by atoms with Gasteiger partial charge in [0, 0.05) is 11.1 Å². The molecule has 0 heterocycles. The van der Waals surface area contributed by atoms with Gasteiger partial charge >= 0.3 is 0 Å². The van der Waals surface area contributed by atoms with Gasteiger partial charge < -0.3 is 4.74 Å². The van der Waals surface area contributed by atoms with Crippen LogP contribution < -0.4 is 4.74 Å². The van der Waals surface area contributed by atoms with Crippen molar-refractivity contribution >= 4 is 0 Å². The van der Waals surface area contributed by atoms with E-state index in [1.165, 1.54) is 18.2 Å². The summed E-state index contributed by atoms with van der Waals surface area (Å²) in [6.45, 7) is 3.61. The molecule has 0 N–H and O–H groups in total. The fraction of sp³-hybridized carbons (Fsp3) is 0.167. The molecule has 0 aliphatic rings. The zero-order chi connectivity index (χ0) is 20.1. The molecular weight excluding hydrogens is 361 g/mol. The molecule has 0 aromatic heterocycles. The van der Waals surface area contributed by atoms with E-state index in [1.807, 2.05) is 13.0 Å². The van der Waals surface area contributed by atoms with E-state index in [0.29, 0.717) is 16.9 Å². The van der Waals surface area contributed by atoms with Gasteiger partial charge in [0.15, 0.2) is 11.6 Å². The Balaban J connectivity index is 1.75. The summed E-state index contributed by atoms with van der Waals surface area (Å²) in [4.78, 5) is 0. The second-order valence-corrected chi connectivity index (χ2v) is 6.26. The molecule has 0 aliphatic heterocycles. The van der Waals surface area contributed by atoms with E-state index in [9.17, 15) is 13.2 Å². The van der Waals surface area contributed by atoms with Crippen LogP contribution in [0.5, 0.6) is 5.75 Å². The summed E-state index contributed by atoms with van der Waals surface area (Å²) in [6.07, 6.45) is 0.767. The van der Waals surface area contributed by atoms with Gasteiger partial charge in [0.1, 0.15) is 18.2 Å². The van der Waals surface area contributed by atoms with Crippen molar-refractivity contribution in [3.63, 3.8) is 0 Å². The van der Waals surface area contributed by atoms with E-state index in [1.54, 1.807) is 37.3 Å². The van der Waals surface area contributed by atoms with Crippen LogP contribution in [-0.2, 0) is 13.0 Å². The van der Waals surface area contributed by atoms with Gasteiger partial charge in [-0.25, -0.2) is 13.2 Å². The van der Waals surface area contributed by atoms with Crippen LogP contribution in [0.25, 0.3) is 11.1 Å². The van der Waals surface area contributed by atoms with E-state index in [-0.39, 0.29) is 23.6 Å². The van der Waals surface area contributed by atoms with Crippen LogP contribution in [-0.4, -0.2) is 0 Å². The van der Waals surface area contributed by atoms with Crippen molar-refractivity contribution < 1.29 is 17.9 Å². The molecule has 0 aliphatic carbocycles. The van der Waals surface area contributed by atoms with Crippen LogP contribution in [0.2, 0.25) is 0 Å². The van der Waals surface area contributed by atoms with Crippen molar-refractivity contribution in [2.75, 3.05) is 0 Å². The average Bonchev–Trinajstić information content (AvgIpc) is 2.71. The molecule has 0 fully saturated rings. The minimum absolute atomic E-state index is 0.0276. The van der Waals surface area contributed by atoms with E-state index in [4.69, 9.17) is 4.74 Å². The van der Waals surface area contributed by atoms with E-state index in [2.05, 4.69) is 11.8 Å². The molecule has 3 aromatic rings. The lowest BCUT2D eigenvalue weighted by Crippen LogP contribution is -1.99. The summed E-state index contributed by atoms with van der Waals surface area (Å²) in [6, 6.07) is 14.6. The average molecular weight is 380 g/mol. The molecule has 0 radical (unpaired) electrons. The van der Waals surface area contributed by atoms with Crippen molar-refractivity contribution in [2.24, 2.45) is 0 Å². The van der Waals surface area contributed by atoms with Crippen LogP contribution in [0, 0.1) is 29.3 Å². The molecule has 0 bridgehead atoms. The third kappa shape index (κ3) is 4.20. The second-order valence-electron chi connectivity index (χ2n) is 6.26. The summed E-state index contributed by atoms with van der Waals surface area (Å²) in [5, 5.41) is 0. The maximum absolute atomic E-state index is 14.3. The third-order valence-electron chi connectivity index (χ3n) is 4.43. The molecule has 3 aromatic carbocycles. The fourth-order valence-corrected chi connectivity index (χ4v) is 2.82. The topological polar surface area (TPSA) is 9.23 Å². The summed E-state index contributed by atoms with van der Waals surface area (Å²) >= 11 is 0. The van der Waals surface area contributed by atoms with Gasteiger partial charge in [0.05, 0.1) is 5.56 Å². The van der Waals surface area contributed by atoms with Gasteiger partial charge in [0.25, 0.3) is 0 Å². The Morgan fingerprint density at radius 2 is 1.64 bits per heavy atom. The Labute approximate surface area is 162 Å². The molecule has 0 spiro atoms. The summed E-state index contributed by atoms with van der Waals surface area (Å²) in [5.74, 6) is 3.40. The molecule has 0 saturated heterocycles. The smallest absolute Gasteiger partial charge is 0.175 e. The van der Waals surface area contributed by atoms with Crippen molar-refractivity contribution in [3.05, 3.63) is 88.7 Å². The zero-order valence-corrected chi connectivity index (χ0v) is 15.7. The second kappa shape index (κ2) is 8.67. The SMILES string of the molecule is CC#Cc1ccc(-c2ccc(OCc3ccc(CC)cc3F)cc2)c(F)c1F. The maximum atomic E-state index is 14.3. The Hall–Kier alpha value is -3.19. The molecule has 3 rings (SSSR count). The van der Waals surface area contributed by atoms with Gasteiger partial charge in [-0.15, -0.1) is 5.92 Å². The third-order valence-corrected chi connectivity index (χ3v) is 4.43. The lowest BCUT2D eigenvalue weighted by atomic mass is 10.0. The molecule has 1 nitrogen and oxygen atoms in total. The number of benzene rings is 3. The Bertz CT molecular complexity index is 1040. The fourth-order valence-electron chi connectivity index (χ4n) is 2.82. The van der Waals surface area contributed by atoms with Crippen LogP contribution in [0.4, 0.5) is 13.2 Å². The van der Waals surface area contributed by atoms with Gasteiger partial charge in [-0.05, 0) is 54.8 Å². The zero-order valence-electron chi connectivity index (χ0n) is 15.7. The van der Waals surface area contributed by atoms with Crippen molar-refractivity contribution in [3.8, 4) is 28.7 Å². The maximum Gasteiger partial charge on any atom is 0.175 e. The highest BCUT2D eigenvalue weighted by Gasteiger charge is 2.14. The Kier molecular flexibility index (Phi) is 6.06. The first kappa shape index (κ1) is 19.6. The van der Waals surface area contributed by atoms with Crippen molar-refractivity contribution in [1.82, 2.24) is 0 Å². The number of halogens is 3. The molecule has 0 unspecified atom stereocenters. The minimum atomic E-state index is -0.960. The Morgan fingerprint density at radius 1 is 0.893 bits per heavy atom. The summed E-state index contributed by atoms with van der Waals surface area (Å²) in [5.41, 5.74) is 2.07. The number of hydrogen-bond acceptors (Lipinski definition) is 1. The predicted molar refractivity (Wildman–Crippen MR) is 104 cm³/mol. The molecular formula is C24H19F3O. The number of rotatable bonds is 5. The lowest BCUT2D eigenvalue weighted by molar-refractivity contribution is 0.300. The summed E-state index contributed by atoms with van der Waals surface area (Å²) in [7, 11) is 0. The standard InChI is InChI=1S/C24H19F3O/c1-3-5-18-10-13-21(24(27)23(18)26)17-8-11-20(12-9-17)28-15-19-7-6-16(4-2)14-22(19)25/h6-14H,4,15H2,1-2H3.